The first-order valence-electron chi connectivity index (χ1n) is 11.8. The van der Waals surface area contributed by atoms with E-state index < -0.39 is 43.2 Å². The summed E-state index contributed by atoms with van der Waals surface area (Å²) in [6.45, 7) is 10.4. The van der Waals surface area contributed by atoms with Gasteiger partial charge in [-0.05, 0) is 27.7 Å². The molecule has 0 saturated heterocycles. The highest BCUT2D eigenvalue weighted by Gasteiger charge is 2.11. The summed E-state index contributed by atoms with van der Waals surface area (Å²) in [5.74, 6) is -0.669. The van der Waals surface area contributed by atoms with Crippen molar-refractivity contribution in [2.45, 2.75) is 73.4 Å². The fourth-order valence-corrected chi connectivity index (χ4v) is 1.90. The van der Waals surface area contributed by atoms with E-state index in [-0.39, 0.29) is 31.2 Å². The van der Waals surface area contributed by atoms with Gasteiger partial charge in [-0.25, -0.2) is 14.4 Å². The van der Waals surface area contributed by atoms with Crippen LogP contribution in [0.4, 0.5) is 14.4 Å². The Labute approximate surface area is 233 Å². The van der Waals surface area contributed by atoms with Crippen molar-refractivity contribution >= 4 is 36.0 Å². The molecule has 18 nitrogen and oxygen atoms in total. The van der Waals surface area contributed by atoms with Gasteiger partial charge in [0, 0.05) is 42.1 Å². The Morgan fingerprint density at radius 2 is 1.00 bits per heavy atom. The lowest BCUT2D eigenvalue weighted by molar-refractivity contribution is -0.120. The molecule has 0 spiro atoms. The average Bonchev–Trinajstić information content (AvgIpc) is 2.81. The molecule has 0 aliphatic carbocycles. The monoisotopic (exact) mass is 584 g/mol. The van der Waals surface area contributed by atoms with E-state index in [2.05, 4.69) is 50.8 Å². The zero-order valence-corrected chi connectivity index (χ0v) is 24.6. The lowest BCUT2D eigenvalue weighted by atomic mass is 10.5. The SMILES string of the molecule is COC(C)OC(=O)NC(C)NC(C)=O.COC(C)OC(=O)NCNC(C)=O.COCOC(=O)NC(C)NC(C)=O. The van der Waals surface area contributed by atoms with Crippen molar-refractivity contribution < 1.29 is 57.2 Å². The van der Waals surface area contributed by atoms with Crippen molar-refractivity contribution in [3.05, 3.63) is 0 Å². The lowest BCUT2D eigenvalue weighted by Crippen LogP contribution is -2.46. The van der Waals surface area contributed by atoms with Gasteiger partial charge in [0.05, 0.1) is 6.67 Å². The van der Waals surface area contributed by atoms with Crippen LogP contribution in [0, 0.1) is 0 Å². The molecule has 0 fully saturated rings. The molecule has 4 atom stereocenters. The molecule has 0 bridgehead atoms. The fraction of sp³-hybridized carbons (Fsp3) is 0.727. The van der Waals surface area contributed by atoms with Gasteiger partial charge >= 0.3 is 18.3 Å². The zero-order valence-electron chi connectivity index (χ0n) is 24.6. The summed E-state index contributed by atoms with van der Waals surface area (Å²) < 4.78 is 27.8. The first-order valence-corrected chi connectivity index (χ1v) is 11.8. The normalized spacial score (nSPS) is 12.4. The highest BCUT2D eigenvalue weighted by atomic mass is 16.7. The Bertz CT molecular complexity index is 769. The van der Waals surface area contributed by atoms with Gasteiger partial charge < -0.3 is 60.3 Å². The third kappa shape index (κ3) is 32.1. The molecule has 6 N–H and O–H groups in total. The molecule has 0 aliphatic rings. The lowest BCUT2D eigenvalue weighted by Gasteiger charge is -2.16. The van der Waals surface area contributed by atoms with Crippen molar-refractivity contribution in [3.8, 4) is 0 Å². The van der Waals surface area contributed by atoms with Crippen LogP contribution >= 0.6 is 0 Å². The molecule has 0 aromatic rings. The summed E-state index contributed by atoms with van der Waals surface area (Å²) >= 11 is 0. The van der Waals surface area contributed by atoms with Crippen molar-refractivity contribution in [1.29, 1.82) is 0 Å². The van der Waals surface area contributed by atoms with Gasteiger partial charge in [-0.2, -0.15) is 0 Å². The largest absolute Gasteiger partial charge is 0.422 e. The smallest absolute Gasteiger partial charge is 0.411 e. The zero-order chi connectivity index (χ0) is 31.7. The molecule has 0 aromatic heterocycles. The minimum Gasteiger partial charge on any atom is -0.422 e. The molecule has 40 heavy (non-hydrogen) atoms. The topological polar surface area (TPSA) is 230 Å². The van der Waals surface area contributed by atoms with E-state index in [0.717, 1.165) is 0 Å². The first kappa shape index (κ1) is 40.6. The molecule has 0 heterocycles. The van der Waals surface area contributed by atoms with E-state index >= 15 is 0 Å². The Hall–Kier alpha value is -3.90. The van der Waals surface area contributed by atoms with Gasteiger partial charge in [0.15, 0.2) is 6.79 Å². The molecule has 0 saturated carbocycles. The standard InChI is InChI=1S/C8H16N2O4.2C7H14N2O4/c1-5(9-6(2)11)10-8(12)14-7(3)13-4;1-5(8-6(2)10)9-7(11)13-4-12-3;1-5(10)8-4-9-7(11)13-6(2)12-3/h5,7H,1-4H3,(H,9,11)(H,10,12);5H,4H2,1-3H3,(H,8,10)(H,9,11);6H,4H2,1-3H3,(H,8,10)(H,9,11). The number of hydrogen-bond donors (Lipinski definition) is 6. The minimum absolute atomic E-state index is 0.0462. The number of rotatable bonds is 12. The maximum atomic E-state index is 11.0. The fourth-order valence-electron chi connectivity index (χ4n) is 1.90. The van der Waals surface area contributed by atoms with Gasteiger partial charge in [0.2, 0.25) is 30.3 Å². The molecule has 0 radical (unpaired) electrons. The average molecular weight is 585 g/mol. The van der Waals surface area contributed by atoms with Crippen LogP contribution in [0.3, 0.4) is 0 Å². The molecular weight excluding hydrogens is 540 g/mol. The van der Waals surface area contributed by atoms with E-state index in [4.69, 9.17) is 9.47 Å². The second kappa shape index (κ2) is 25.4. The highest BCUT2D eigenvalue weighted by molar-refractivity contribution is 5.75. The van der Waals surface area contributed by atoms with Crippen LogP contribution in [0.1, 0.15) is 48.5 Å². The van der Waals surface area contributed by atoms with Crippen LogP contribution in [0.2, 0.25) is 0 Å². The second-order valence-corrected chi connectivity index (χ2v) is 7.48. The van der Waals surface area contributed by atoms with E-state index in [1.54, 1.807) is 27.7 Å². The molecule has 234 valence electrons. The number of nitrogens with one attached hydrogen (secondary N) is 6. The van der Waals surface area contributed by atoms with Crippen LogP contribution in [-0.4, -0.2) is 95.7 Å². The molecular formula is C22H44N6O12. The quantitative estimate of drug-likeness (QED) is 0.129. The van der Waals surface area contributed by atoms with E-state index in [1.807, 2.05) is 0 Å². The first-order chi connectivity index (χ1) is 18.6. The number of alkyl carbamates (subject to hydrolysis) is 3. The predicted molar refractivity (Wildman–Crippen MR) is 139 cm³/mol. The Balaban J connectivity index is -0.000000514. The molecule has 6 amide bonds. The molecule has 4 unspecified atom stereocenters. The summed E-state index contributed by atoms with van der Waals surface area (Å²) in [5, 5.41) is 14.4. The summed E-state index contributed by atoms with van der Waals surface area (Å²) in [5.41, 5.74) is 0. The molecule has 18 heteroatoms. The Morgan fingerprint density at radius 3 is 1.38 bits per heavy atom. The third-order valence-corrected chi connectivity index (χ3v) is 3.60. The van der Waals surface area contributed by atoms with Crippen LogP contribution in [0.25, 0.3) is 0 Å². The van der Waals surface area contributed by atoms with E-state index in [9.17, 15) is 28.8 Å². The summed E-state index contributed by atoms with van der Waals surface area (Å²) in [4.78, 5) is 64.2. The highest BCUT2D eigenvalue weighted by Crippen LogP contribution is 1.92. The number of carbonyl (C=O) groups is 6. The Kier molecular flexibility index (Phi) is 25.8. The van der Waals surface area contributed by atoms with Gasteiger partial charge in [-0.1, -0.05) is 0 Å². The maximum Gasteiger partial charge on any atom is 0.411 e. The van der Waals surface area contributed by atoms with Crippen molar-refractivity contribution in [2.24, 2.45) is 0 Å². The Morgan fingerprint density at radius 1 is 0.575 bits per heavy atom. The number of methoxy groups -OCH3 is 3. The summed E-state index contributed by atoms with van der Waals surface area (Å²) in [6.07, 6.45) is -4.05. The predicted octanol–water partition coefficient (Wildman–Crippen LogP) is -0.216. The summed E-state index contributed by atoms with van der Waals surface area (Å²) in [7, 11) is 4.26. The number of hydrogen-bond acceptors (Lipinski definition) is 12. The van der Waals surface area contributed by atoms with Crippen LogP contribution in [-0.2, 0) is 42.8 Å². The molecule has 0 rings (SSSR count). The van der Waals surface area contributed by atoms with Crippen LogP contribution in [0.5, 0.6) is 0 Å². The third-order valence-electron chi connectivity index (χ3n) is 3.60. The maximum absolute atomic E-state index is 11.0. The number of amides is 6. The van der Waals surface area contributed by atoms with Crippen LogP contribution in [0.15, 0.2) is 0 Å². The van der Waals surface area contributed by atoms with Crippen molar-refractivity contribution in [2.75, 3.05) is 34.8 Å². The molecule has 0 aliphatic heterocycles. The molecule has 0 aromatic carbocycles. The number of carbonyl (C=O) groups excluding carboxylic acids is 6. The van der Waals surface area contributed by atoms with Crippen molar-refractivity contribution in [3.63, 3.8) is 0 Å². The minimum atomic E-state index is -0.638. The van der Waals surface area contributed by atoms with Gasteiger partial charge in [-0.15, -0.1) is 0 Å². The second-order valence-electron chi connectivity index (χ2n) is 7.48. The van der Waals surface area contributed by atoms with Gasteiger partial charge in [0.1, 0.15) is 12.3 Å². The van der Waals surface area contributed by atoms with Gasteiger partial charge in [-0.3, -0.25) is 14.4 Å². The van der Waals surface area contributed by atoms with Crippen LogP contribution < -0.4 is 31.9 Å². The van der Waals surface area contributed by atoms with Gasteiger partial charge in [0.25, 0.3) is 0 Å². The number of ether oxygens (including phenoxy) is 6. The van der Waals surface area contributed by atoms with E-state index in [0.29, 0.717) is 0 Å². The summed E-state index contributed by atoms with van der Waals surface area (Å²) in [6, 6.07) is 0. The van der Waals surface area contributed by atoms with Crippen molar-refractivity contribution in [1.82, 2.24) is 31.9 Å². The van der Waals surface area contributed by atoms with E-state index in [1.165, 1.54) is 42.1 Å².